The van der Waals surface area contributed by atoms with Crippen molar-refractivity contribution in [2.24, 2.45) is 0 Å². The molecule has 1 unspecified atom stereocenters. The highest BCUT2D eigenvalue weighted by molar-refractivity contribution is 5.74. The zero-order chi connectivity index (χ0) is 13.0. The number of hydrogen-bond acceptors (Lipinski definition) is 2. The molecular formula is C13H19FN2O2. The van der Waals surface area contributed by atoms with Gasteiger partial charge in [-0.3, -0.25) is 0 Å². The summed E-state index contributed by atoms with van der Waals surface area (Å²) in [6.45, 7) is 3.78. The van der Waals surface area contributed by atoms with E-state index in [0.29, 0.717) is 25.4 Å². The van der Waals surface area contributed by atoms with Crippen molar-refractivity contribution >= 4 is 6.03 Å². The third-order valence-corrected chi connectivity index (χ3v) is 2.88. The first-order valence-electron chi connectivity index (χ1n) is 6.14. The molecule has 1 aliphatic heterocycles. The number of nitrogens with zero attached hydrogens (tertiary/aromatic N) is 1. The molecular weight excluding hydrogens is 235 g/mol. The summed E-state index contributed by atoms with van der Waals surface area (Å²) in [5.41, 5.74) is 0. The molecule has 0 spiro atoms. The van der Waals surface area contributed by atoms with Crippen LogP contribution in [-0.2, 0) is 0 Å². The van der Waals surface area contributed by atoms with Gasteiger partial charge in [0.05, 0.1) is 6.54 Å². The van der Waals surface area contributed by atoms with Gasteiger partial charge >= 0.3 is 6.03 Å². The third-order valence-electron chi connectivity index (χ3n) is 2.88. The van der Waals surface area contributed by atoms with Gasteiger partial charge in [-0.1, -0.05) is 0 Å². The second-order valence-electron chi connectivity index (χ2n) is 4.26. The van der Waals surface area contributed by atoms with E-state index in [1.54, 1.807) is 17.0 Å². The monoisotopic (exact) mass is 254 g/mol. The highest BCUT2D eigenvalue weighted by Gasteiger charge is 2.27. The molecule has 100 valence electrons. The molecule has 1 N–H and O–H groups in total. The maximum atomic E-state index is 12.7. The van der Waals surface area contributed by atoms with Crippen LogP contribution in [0.4, 0.5) is 9.18 Å². The van der Waals surface area contributed by atoms with Crippen LogP contribution in [0.25, 0.3) is 0 Å². The molecule has 1 aromatic carbocycles. The standard InChI is InChI=1S/C13H17FN2O2.H2/c1-2-15-13(17)16-8-7-12(9-16)18-11-5-3-10(14)4-6-11;/h3-6,12H,2,7-9H2,1H3,(H,15,17);1H. The number of halogens is 1. The predicted octanol–water partition coefficient (Wildman–Crippen LogP) is 2.25. The number of benzene rings is 1. The second-order valence-corrected chi connectivity index (χ2v) is 4.26. The van der Waals surface area contributed by atoms with E-state index in [1.165, 1.54) is 12.1 Å². The van der Waals surface area contributed by atoms with Crippen LogP contribution in [-0.4, -0.2) is 36.7 Å². The Kier molecular flexibility index (Phi) is 4.02. The van der Waals surface area contributed by atoms with Crippen LogP contribution < -0.4 is 10.1 Å². The van der Waals surface area contributed by atoms with E-state index in [2.05, 4.69) is 5.32 Å². The summed E-state index contributed by atoms with van der Waals surface area (Å²) < 4.78 is 18.4. The van der Waals surface area contributed by atoms with Gasteiger partial charge < -0.3 is 15.0 Å². The minimum Gasteiger partial charge on any atom is -0.489 e. The Labute approximate surface area is 107 Å². The van der Waals surface area contributed by atoms with Crippen molar-refractivity contribution in [3.63, 3.8) is 0 Å². The summed E-state index contributed by atoms with van der Waals surface area (Å²) in [6.07, 6.45) is 0.784. The van der Waals surface area contributed by atoms with Crippen LogP contribution >= 0.6 is 0 Å². The van der Waals surface area contributed by atoms with E-state index in [4.69, 9.17) is 4.74 Å². The summed E-state index contributed by atoms with van der Waals surface area (Å²) in [6, 6.07) is 5.88. The SMILES string of the molecule is CCNC(=O)N1CCC(Oc2ccc(F)cc2)C1.[HH]. The fraction of sp³-hybridized carbons (Fsp3) is 0.462. The molecule has 1 atom stereocenters. The van der Waals surface area contributed by atoms with Gasteiger partial charge in [0.15, 0.2) is 0 Å². The van der Waals surface area contributed by atoms with Gasteiger partial charge in [0.2, 0.25) is 0 Å². The number of carbonyl (C=O) groups excluding carboxylic acids is 1. The summed E-state index contributed by atoms with van der Waals surface area (Å²) in [4.78, 5) is 13.3. The van der Waals surface area contributed by atoms with Crippen LogP contribution in [0.1, 0.15) is 14.8 Å². The maximum Gasteiger partial charge on any atom is 0.317 e. The number of hydrogen-bond donors (Lipinski definition) is 1. The molecule has 1 aliphatic rings. The molecule has 5 heteroatoms. The summed E-state index contributed by atoms with van der Waals surface area (Å²) in [5.74, 6) is 0.358. The van der Waals surface area contributed by atoms with Crippen molar-refractivity contribution in [3.05, 3.63) is 30.1 Å². The number of ether oxygens (including phenoxy) is 1. The molecule has 0 aromatic heterocycles. The predicted molar refractivity (Wildman–Crippen MR) is 68.2 cm³/mol. The normalized spacial score (nSPS) is 18.8. The van der Waals surface area contributed by atoms with Crippen LogP contribution in [0, 0.1) is 5.82 Å². The van der Waals surface area contributed by atoms with Crippen LogP contribution in [0.3, 0.4) is 0 Å². The zero-order valence-corrected chi connectivity index (χ0v) is 10.4. The molecule has 1 fully saturated rings. The lowest BCUT2D eigenvalue weighted by Gasteiger charge is -2.17. The topological polar surface area (TPSA) is 41.6 Å². The maximum absolute atomic E-state index is 12.7. The molecule has 1 heterocycles. The average molecular weight is 254 g/mol. The van der Waals surface area contributed by atoms with E-state index in [0.717, 1.165) is 6.42 Å². The van der Waals surface area contributed by atoms with Crippen molar-refractivity contribution in [3.8, 4) is 5.75 Å². The Morgan fingerprint density at radius 3 is 2.94 bits per heavy atom. The molecule has 0 saturated carbocycles. The highest BCUT2D eigenvalue weighted by atomic mass is 19.1. The number of amides is 2. The first-order valence-corrected chi connectivity index (χ1v) is 6.14. The molecule has 0 aliphatic carbocycles. The Bertz CT molecular complexity index is 414. The van der Waals surface area contributed by atoms with Crippen LogP contribution in [0.5, 0.6) is 5.75 Å². The second kappa shape index (κ2) is 5.71. The van der Waals surface area contributed by atoms with Gasteiger partial charge in [0.25, 0.3) is 0 Å². The summed E-state index contributed by atoms with van der Waals surface area (Å²) >= 11 is 0. The van der Waals surface area contributed by atoms with Crippen LogP contribution in [0.15, 0.2) is 24.3 Å². The van der Waals surface area contributed by atoms with E-state index < -0.39 is 0 Å². The molecule has 2 rings (SSSR count). The largest absolute Gasteiger partial charge is 0.489 e. The van der Waals surface area contributed by atoms with Crippen molar-refractivity contribution in [1.29, 1.82) is 0 Å². The lowest BCUT2D eigenvalue weighted by atomic mass is 10.3. The van der Waals surface area contributed by atoms with E-state index in [-0.39, 0.29) is 19.4 Å². The molecule has 0 bridgehead atoms. The smallest absolute Gasteiger partial charge is 0.317 e. The fourth-order valence-corrected chi connectivity index (χ4v) is 1.98. The summed E-state index contributed by atoms with van der Waals surface area (Å²) in [7, 11) is 0. The first kappa shape index (κ1) is 12.7. The first-order chi connectivity index (χ1) is 8.69. The van der Waals surface area contributed by atoms with Gasteiger partial charge in [-0.15, -0.1) is 0 Å². The van der Waals surface area contributed by atoms with E-state index >= 15 is 0 Å². The number of rotatable bonds is 3. The minimum absolute atomic E-state index is 0. The Balaban J connectivity index is 0.00000180. The molecule has 4 nitrogen and oxygen atoms in total. The number of urea groups is 1. The Morgan fingerprint density at radius 2 is 2.28 bits per heavy atom. The number of carbonyl (C=O) groups is 1. The summed E-state index contributed by atoms with van der Waals surface area (Å²) in [5, 5.41) is 2.76. The molecule has 18 heavy (non-hydrogen) atoms. The van der Waals surface area contributed by atoms with Gasteiger partial charge in [0.1, 0.15) is 17.7 Å². The fourth-order valence-electron chi connectivity index (χ4n) is 1.98. The van der Waals surface area contributed by atoms with E-state index in [9.17, 15) is 9.18 Å². The zero-order valence-electron chi connectivity index (χ0n) is 10.4. The molecule has 1 saturated heterocycles. The van der Waals surface area contributed by atoms with Crippen molar-refractivity contribution in [1.82, 2.24) is 10.2 Å². The number of likely N-dealkylation sites (tertiary alicyclic amines) is 1. The Hall–Kier alpha value is -1.78. The molecule has 2 amide bonds. The quantitative estimate of drug-likeness (QED) is 0.899. The lowest BCUT2D eigenvalue weighted by Crippen LogP contribution is -2.39. The van der Waals surface area contributed by atoms with Crippen molar-refractivity contribution in [2.45, 2.75) is 19.4 Å². The highest BCUT2D eigenvalue weighted by Crippen LogP contribution is 2.18. The Morgan fingerprint density at radius 1 is 1.56 bits per heavy atom. The van der Waals surface area contributed by atoms with Crippen molar-refractivity contribution in [2.75, 3.05) is 19.6 Å². The van der Waals surface area contributed by atoms with E-state index in [1.807, 2.05) is 6.92 Å². The van der Waals surface area contributed by atoms with Gasteiger partial charge in [-0.05, 0) is 31.2 Å². The van der Waals surface area contributed by atoms with Gasteiger partial charge in [-0.2, -0.15) is 0 Å². The van der Waals surface area contributed by atoms with Crippen molar-refractivity contribution < 1.29 is 15.3 Å². The van der Waals surface area contributed by atoms with Crippen LogP contribution in [0.2, 0.25) is 0 Å². The van der Waals surface area contributed by atoms with Gasteiger partial charge in [0, 0.05) is 20.9 Å². The third kappa shape index (κ3) is 3.12. The minimum atomic E-state index is -0.280. The van der Waals surface area contributed by atoms with Gasteiger partial charge in [-0.25, -0.2) is 9.18 Å². The molecule has 1 aromatic rings. The lowest BCUT2D eigenvalue weighted by molar-refractivity contribution is 0.187. The average Bonchev–Trinajstić information content (AvgIpc) is 2.81. The number of nitrogens with one attached hydrogen (secondary N) is 1. The molecule has 0 radical (unpaired) electrons.